The number of carbonyl (C=O) groups is 2. The first kappa shape index (κ1) is 19.0. The molecule has 1 aromatic heterocycles. The number of benzene rings is 1. The Balaban J connectivity index is 1.56. The van der Waals surface area contributed by atoms with Crippen LogP contribution in [-0.4, -0.2) is 47.4 Å². The third-order valence-electron chi connectivity index (χ3n) is 4.89. The second-order valence-corrected chi connectivity index (χ2v) is 6.83. The Morgan fingerprint density at radius 3 is 2.44 bits per heavy atom. The molecule has 1 unspecified atom stereocenters. The van der Waals surface area contributed by atoms with E-state index in [0.717, 1.165) is 24.1 Å². The van der Waals surface area contributed by atoms with Crippen molar-refractivity contribution in [3.63, 3.8) is 0 Å². The van der Waals surface area contributed by atoms with Gasteiger partial charge < -0.3 is 10.2 Å². The van der Waals surface area contributed by atoms with E-state index >= 15 is 0 Å². The maximum atomic E-state index is 12.4. The molecule has 1 fully saturated rings. The van der Waals surface area contributed by atoms with Gasteiger partial charge in [-0.3, -0.25) is 19.9 Å². The second kappa shape index (κ2) is 9.28. The fraction of sp³-hybridized carbons (Fsp3) is 0.381. The molecule has 0 saturated carbocycles. The van der Waals surface area contributed by atoms with E-state index in [-0.39, 0.29) is 30.4 Å². The summed E-state index contributed by atoms with van der Waals surface area (Å²) in [4.78, 5) is 30.1. The van der Waals surface area contributed by atoms with E-state index in [4.69, 9.17) is 0 Å². The molecule has 0 spiro atoms. The van der Waals surface area contributed by atoms with Crippen LogP contribution >= 0.6 is 0 Å². The summed E-state index contributed by atoms with van der Waals surface area (Å²) in [5.74, 6) is 0.0654. The van der Waals surface area contributed by atoms with E-state index in [0.29, 0.717) is 13.1 Å². The molecule has 1 aliphatic heterocycles. The van der Waals surface area contributed by atoms with E-state index in [1.165, 1.54) is 0 Å². The zero-order valence-corrected chi connectivity index (χ0v) is 15.6. The topological polar surface area (TPSA) is 74.3 Å². The number of likely N-dealkylation sites (tertiary alicyclic amines) is 1. The number of piperidine rings is 1. The Morgan fingerprint density at radius 1 is 1.11 bits per heavy atom. The zero-order chi connectivity index (χ0) is 19.1. The van der Waals surface area contributed by atoms with Crippen LogP contribution in [0.15, 0.2) is 54.7 Å². The summed E-state index contributed by atoms with van der Waals surface area (Å²) in [5.41, 5.74) is 1.95. The monoisotopic (exact) mass is 366 g/mol. The highest BCUT2D eigenvalue weighted by Crippen LogP contribution is 2.19. The zero-order valence-electron chi connectivity index (χ0n) is 15.6. The molecule has 2 aromatic rings. The van der Waals surface area contributed by atoms with E-state index < -0.39 is 0 Å². The second-order valence-electron chi connectivity index (χ2n) is 6.83. The summed E-state index contributed by atoms with van der Waals surface area (Å²) in [6, 6.07) is 15.8. The molecule has 2 heterocycles. The van der Waals surface area contributed by atoms with Gasteiger partial charge in [0.25, 0.3) is 0 Å². The maximum Gasteiger partial charge on any atom is 0.234 e. The number of amides is 2. The molecule has 1 atom stereocenters. The largest absolute Gasteiger partial charge is 0.352 e. The number of carbonyl (C=O) groups excluding carboxylic acids is 2. The molecule has 6 heteroatoms. The first-order valence-corrected chi connectivity index (χ1v) is 9.37. The standard InChI is InChI=1S/C21H26N4O2/c1-16(26)25-13-10-18(11-14-25)24-20(27)15-23-21(17-7-3-2-4-8-17)19-9-5-6-12-22-19/h2-9,12,18,21,23H,10-11,13-15H2,1H3,(H,24,27). The van der Waals surface area contributed by atoms with Gasteiger partial charge in [-0.15, -0.1) is 0 Å². The van der Waals surface area contributed by atoms with Crippen molar-refractivity contribution in [1.29, 1.82) is 0 Å². The van der Waals surface area contributed by atoms with Gasteiger partial charge in [0.1, 0.15) is 0 Å². The number of pyridine rings is 1. The minimum atomic E-state index is -0.141. The van der Waals surface area contributed by atoms with Crippen LogP contribution in [0.4, 0.5) is 0 Å². The van der Waals surface area contributed by atoms with Gasteiger partial charge in [-0.2, -0.15) is 0 Å². The lowest BCUT2D eigenvalue weighted by Crippen LogP contribution is -2.48. The summed E-state index contributed by atoms with van der Waals surface area (Å²) in [5, 5.41) is 6.41. The van der Waals surface area contributed by atoms with E-state index in [2.05, 4.69) is 15.6 Å². The van der Waals surface area contributed by atoms with Crippen molar-refractivity contribution >= 4 is 11.8 Å². The van der Waals surface area contributed by atoms with Crippen LogP contribution < -0.4 is 10.6 Å². The Kier molecular flexibility index (Phi) is 6.54. The number of aromatic nitrogens is 1. The number of nitrogens with one attached hydrogen (secondary N) is 2. The summed E-state index contributed by atoms with van der Waals surface area (Å²) in [6.45, 7) is 3.20. The molecule has 6 nitrogen and oxygen atoms in total. The molecular formula is C21H26N4O2. The van der Waals surface area contributed by atoms with Crippen LogP contribution in [0.5, 0.6) is 0 Å². The van der Waals surface area contributed by atoms with E-state index in [1.54, 1.807) is 13.1 Å². The number of hydrogen-bond donors (Lipinski definition) is 2. The molecule has 2 N–H and O–H groups in total. The van der Waals surface area contributed by atoms with Crippen LogP contribution in [0.3, 0.4) is 0 Å². The van der Waals surface area contributed by atoms with Gasteiger partial charge in [-0.25, -0.2) is 0 Å². The first-order valence-electron chi connectivity index (χ1n) is 9.37. The van der Waals surface area contributed by atoms with Crippen molar-refractivity contribution < 1.29 is 9.59 Å². The fourth-order valence-corrected chi connectivity index (χ4v) is 3.40. The highest BCUT2D eigenvalue weighted by Gasteiger charge is 2.22. The quantitative estimate of drug-likeness (QED) is 0.819. The molecule has 3 rings (SSSR count). The lowest BCUT2D eigenvalue weighted by atomic mass is 10.0. The lowest BCUT2D eigenvalue weighted by molar-refractivity contribution is -0.130. The Bertz CT molecular complexity index is 704. The van der Waals surface area contributed by atoms with Gasteiger partial charge in [-0.05, 0) is 30.5 Å². The van der Waals surface area contributed by atoms with E-state index in [1.807, 2.05) is 53.4 Å². The average Bonchev–Trinajstić information content (AvgIpc) is 2.70. The lowest BCUT2D eigenvalue weighted by Gasteiger charge is -2.31. The predicted molar refractivity (Wildman–Crippen MR) is 104 cm³/mol. The molecule has 0 aliphatic carbocycles. The average molecular weight is 366 g/mol. The Hall–Kier alpha value is -2.73. The molecule has 1 saturated heterocycles. The van der Waals surface area contributed by atoms with Gasteiger partial charge in [0.2, 0.25) is 11.8 Å². The van der Waals surface area contributed by atoms with Crippen molar-refractivity contribution in [2.45, 2.75) is 31.8 Å². The van der Waals surface area contributed by atoms with Crippen LogP contribution in [-0.2, 0) is 9.59 Å². The number of nitrogens with zero attached hydrogens (tertiary/aromatic N) is 2. The summed E-state index contributed by atoms with van der Waals surface area (Å²) >= 11 is 0. The number of rotatable bonds is 6. The molecule has 27 heavy (non-hydrogen) atoms. The van der Waals surface area contributed by atoms with Crippen molar-refractivity contribution in [3.8, 4) is 0 Å². The van der Waals surface area contributed by atoms with Gasteiger partial charge >= 0.3 is 0 Å². The molecule has 142 valence electrons. The van der Waals surface area contributed by atoms with Crippen LogP contribution in [0.25, 0.3) is 0 Å². The Labute approximate surface area is 160 Å². The third kappa shape index (κ3) is 5.37. The van der Waals surface area contributed by atoms with Crippen LogP contribution in [0, 0.1) is 0 Å². The molecule has 2 amide bonds. The minimum absolute atomic E-state index is 0.0341. The van der Waals surface area contributed by atoms with E-state index in [9.17, 15) is 9.59 Å². The summed E-state index contributed by atoms with van der Waals surface area (Å²) < 4.78 is 0. The highest BCUT2D eigenvalue weighted by molar-refractivity contribution is 5.78. The normalized spacial score (nSPS) is 16.0. The van der Waals surface area contributed by atoms with Crippen molar-refractivity contribution in [1.82, 2.24) is 20.5 Å². The molecule has 0 bridgehead atoms. The van der Waals surface area contributed by atoms with Crippen molar-refractivity contribution in [2.75, 3.05) is 19.6 Å². The molecular weight excluding hydrogens is 340 g/mol. The smallest absolute Gasteiger partial charge is 0.234 e. The summed E-state index contributed by atoms with van der Waals surface area (Å²) in [7, 11) is 0. The molecule has 1 aliphatic rings. The first-order chi connectivity index (χ1) is 13.1. The maximum absolute atomic E-state index is 12.4. The Morgan fingerprint density at radius 2 is 1.81 bits per heavy atom. The minimum Gasteiger partial charge on any atom is -0.352 e. The van der Waals surface area contributed by atoms with Gasteiger partial charge in [0.15, 0.2) is 0 Å². The predicted octanol–water partition coefficient (Wildman–Crippen LogP) is 1.89. The fourth-order valence-electron chi connectivity index (χ4n) is 3.40. The molecule has 1 aromatic carbocycles. The van der Waals surface area contributed by atoms with Crippen molar-refractivity contribution in [3.05, 3.63) is 66.0 Å². The summed E-state index contributed by atoms with van der Waals surface area (Å²) in [6.07, 6.45) is 3.36. The van der Waals surface area contributed by atoms with Gasteiger partial charge in [0, 0.05) is 32.3 Å². The van der Waals surface area contributed by atoms with Gasteiger partial charge in [-0.1, -0.05) is 36.4 Å². The highest BCUT2D eigenvalue weighted by atomic mass is 16.2. The number of hydrogen-bond acceptors (Lipinski definition) is 4. The van der Waals surface area contributed by atoms with Crippen molar-refractivity contribution in [2.24, 2.45) is 0 Å². The molecule has 0 radical (unpaired) electrons. The van der Waals surface area contributed by atoms with Crippen LogP contribution in [0.1, 0.15) is 37.1 Å². The third-order valence-corrected chi connectivity index (χ3v) is 4.89. The van der Waals surface area contributed by atoms with Gasteiger partial charge in [0.05, 0.1) is 18.3 Å². The SMILES string of the molecule is CC(=O)N1CCC(NC(=O)CNC(c2ccccc2)c2ccccn2)CC1. The van der Waals surface area contributed by atoms with Crippen LogP contribution in [0.2, 0.25) is 0 Å².